The molecule has 3 heterocycles. The van der Waals surface area contributed by atoms with Gasteiger partial charge in [0.2, 0.25) is 0 Å². The van der Waals surface area contributed by atoms with Crippen molar-refractivity contribution in [3.8, 4) is 10.6 Å². The molecular formula is C20H17ClN6O2S. The Hall–Kier alpha value is -3.30. The van der Waals surface area contributed by atoms with Gasteiger partial charge in [-0.05, 0) is 23.8 Å². The summed E-state index contributed by atoms with van der Waals surface area (Å²) < 4.78 is 1.86. The van der Waals surface area contributed by atoms with Crippen LogP contribution in [0.25, 0.3) is 10.6 Å². The van der Waals surface area contributed by atoms with Crippen LogP contribution in [0, 0.1) is 0 Å². The van der Waals surface area contributed by atoms with Gasteiger partial charge in [-0.15, -0.1) is 10.2 Å². The minimum absolute atomic E-state index is 0.0951. The van der Waals surface area contributed by atoms with Crippen molar-refractivity contribution >= 4 is 34.7 Å². The Morgan fingerprint density at radius 3 is 2.67 bits per heavy atom. The van der Waals surface area contributed by atoms with E-state index in [1.165, 1.54) is 11.3 Å². The van der Waals surface area contributed by atoms with Crippen LogP contribution in [0.2, 0.25) is 5.02 Å². The third kappa shape index (κ3) is 4.64. The van der Waals surface area contributed by atoms with Gasteiger partial charge in [0.1, 0.15) is 15.8 Å². The van der Waals surface area contributed by atoms with Gasteiger partial charge in [-0.25, -0.2) is 9.97 Å². The van der Waals surface area contributed by atoms with E-state index in [0.717, 1.165) is 21.1 Å². The molecule has 0 amide bonds. The minimum Gasteiger partial charge on any atom is -0.481 e. The molecule has 30 heavy (non-hydrogen) atoms. The largest absolute Gasteiger partial charge is 0.481 e. The van der Waals surface area contributed by atoms with E-state index in [0.29, 0.717) is 23.1 Å². The maximum absolute atomic E-state index is 11.4. The number of hydrogen-bond acceptors (Lipinski definition) is 7. The lowest BCUT2D eigenvalue weighted by molar-refractivity contribution is -0.137. The Morgan fingerprint density at radius 1 is 1.17 bits per heavy atom. The summed E-state index contributed by atoms with van der Waals surface area (Å²) in [5.74, 6) is -0.954. The number of nitrogens with zero attached hydrogens (tertiary/aromatic N) is 5. The van der Waals surface area contributed by atoms with E-state index in [4.69, 9.17) is 17.3 Å². The van der Waals surface area contributed by atoms with Crippen LogP contribution in [-0.2, 0) is 11.3 Å². The first-order chi connectivity index (χ1) is 14.5. The summed E-state index contributed by atoms with van der Waals surface area (Å²) >= 11 is 7.41. The average molecular weight is 441 g/mol. The van der Waals surface area contributed by atoms with Gasteiger partial charge in [0.05, 0.1) is 25.0 Å². The van der Waals surface area contributed by atoms with Gasteiger partial charge >= 0.3 is 5.97 Å². The summed E-state index contributed by atoms with van der Waals surface area (Å²) in [6.45, 7) is 0.484. The van der Waals surface area contributed by atoms with Gasteiger partial charge in [0.25, 0.3) is 0 Å². The second-order valence-corrected chi connectivity index (χ2v) is 8.14. The van der Waals surface area contributed by atoms with Crippen LogP contribution in [0.1, 0.15) is 28.6 Å². The molecule has 8 nitrogen and oxygen atoms in total. The van der Waals surface area contributed by atoms with E-state index < -0.39 is 11.9 Å². The van der Waals surface area contributed by atoms with Crippen molar-refractivity contribution < 1.29 is 9.90 Å². The number of pyridine rings is 1. The Balaban J connectivity index is 1.53. The quantitative estimate of drug-likeness (QED) is 0.449. The summed E-state index contributed by atoms with van der Waals surface area (Å²) in [6.07, 6.45) is 4.98. The number of rotatable bonds is 7. The molecular weight excluding hydrogens is 424 g/mol. The van der Waals surface area contributed by atoms with Crippen molar-refractivity contribution in [2.24, 2.45) is 0 Å². The maximum atomic E-state index is 11.4. The number of nitrogen functional groups attached to an aromatic ring is 1. The molecule has 0 spiro atoms. The lowest BCUT2D eigenvalue weighted by Gasteiger charge is -2.12. The van der Waals surface area contributed by atoms with Gasteiger partial charge in [0, 0.05) is 28.9 Å². The lowest BCUT2D eigenvalue weighted by atomic mass is 9.94. The number of anilines is 1. The van der Waals surface area contributed by atoms with E-state index in [-0.39, 0.29) is 6.42 Å². The fraction of sp³-hybridized carbons (Fsp3) is 0.150. The summed E-state index contributed by atoms with van der Waals surface area (Å²) in [5, 5.41) is 20.1. The molecule has 0 bridgehead atoms. The summed E-state index contributed by atoms with van der Waals surface area (Å²) in [7, 11) is 0. The fourth-order valence-electron chi connectivity index (χ4n) is 3.02. The molecule has 0 aliphatic carbocycles. The summed E-state index contributed by atoms with van der Waals surface area (Å²) in [5.41, 5.74) is 7.99. The molecule has 4 aromatic rings. The van der Waals surface area contributed by atoms with E-state index >= 15 is 0 Å². The molecule has 3 N–H and O–H groups in total. The van der Waals surface area contributed by atoms with Gasteiger partial charge in [0.15, 0.2) is 0 Å². The smallest absolute Gasteiger partial charge is 0.304 e. The Morgan fingerprint density at radius 2 is 1.97 bits per heavy atom. The molecule has 1 unspecified atom stereocenters. The number of nitrogens with two attached hydrogens (primary N) is 1. The molecule has 1 aromatic carbocycles. The van der Waals surface area contributed by atoms with Crippen molar-refractivity contribution in [2.45, 2.75) is 18.9 Å². The van der Waals surface area contributed by atoms with Crippen molar-refractivity contribution in [1.29, 1.82) is 0 Å². The third-order valence-corrected chi connectivity index (χ3v) is 5.69. The highest BCUT2D eigenvalue weighted by atomic mass is 35.5. The standard InChI is InChI=1S/C20H17ClN6O2S/c21-14-4-1-12(2-5-14)20-26-25-18(30-20)10-27-9-16(24-11-27)15(7-19(28)29)13-3-6-17(22)23-8-13/h1-6,8-9,11,15H,7,10H2,(H2,22,23)(H,28,29). The Kier molecular flexibility index (Phi) is 5.73. The summed E-state index contributed by atoms with van der Waals surface area (Å²) in [4.78, 5) is 19.9. The number of carbonyl (C=O) groups is 1. The lowest BCUT2D eigenvalue weighted by Crippen LogP contribution is -2.09. The zero-order valence-corrected chi connectivity index (χ0v) is 17.2. The highest BCUT2D eigenvalue weighted by molar-refractivity contribution is 7.14. The molecule has 0 aliphatic heterocycles. The number of aromatic nitrogens is 5. The fourth-order valence-corrected chi connectivity index (χ4v) is 4.00. The van der Waals surface area contributed by atoms with Crippen LogP contribution < -0.4 is 5.73 Å². The monoisotopic (exact) mass is 440 g/mol. The zero-order valence-electron chi connectivity index (χ0n) is 15.6. The number of carboxylic acids is 1. The van der Waals surface area contributed by atoms with Crippen molar-refractivity contribution in [3.63, 3.8) is 0 Å². The highest BCUT2D eigenvalue weighted by Crippen LogP contribution is 2.28. The van der Waals surface area contributed by atoms with Crippen molar-refractivity contribution in [3.05, 3.63) is 76.4 Å². The molecule has 152 valence electrons. The van der Waals surface area contributed by atoms with Crippen LogP contribution in [0.15, 0.2) is 55.1 Å². The minimum atomic E-state index is -0.914. The average Bonchev–Trinajstić information content (AvgIpc) is 3.38. The molecule has 0 fully saturated rings. The molecule has 0 aliphatic rings. The molecule has 0 saturated carbocycles. The van der Waals surface area contributed by atoms with Gasteiger partial charge in [-0.3, -0.25) is 4.79 Å². The number of aliphatic carboxylic acids is 1. The van der Waals surface area contributed by atoms with Crippen LogP contribution in [0.3, 0.4) is 0 Å². The number of benzene rings is 1. The molecule has 1 atom stereocenters. The van der Waals surface area contributed by atoms with Crippen LogP contribution in [0.5, 0.6) is 0 Å². The first-order valence-electron chi connectivity index (χ1n) is 9.01. The van der Waals surface area contributed by atoms with Crippen molar-refractivity contribution in [1.82, 2.24) is 24.7 Å². The molecule has 3 aromatic heterocycles. The molecule has 0 radical (unpaired) electrons. The van der Waals surface area contributed by atoms with E-state index in [1.807, 2.05) is 35.0 Å². The molecule has 4 rings (SSSR count). The number of hydrogen-bond donors (Lipinski definition) is 2. The highest BCUT2D eigenvalue weighted by Gasteiger charge is 2.21. The number of carboxylic acid groups (broad SMARTS) is 1. The topological polar surface area (TPSA) is 120 Å². The molecule has 10 heteroatoms. The molecule has 0 saturated heterocycles. The normalized spacial score (nSPS) is 12.0. The first-order valence-corrected chi connectivity index (χ1v) is 10.2. The second-order valence-electron chi connectivity index (χ2n) is 6.65. The van der Waals surface area contributed by atoms with Gasteiger partial charge in [-0.2, -0.15) is 0 Å². The number of halogens is 1. The van der Waals surface area contributed by atoms with Crippen molar-refractivity contribution in [2.75, 3.05) is 5.73 Å². The summed E-state index contributed by atoms with van der Waals surface area (Å²) in [6, 6.07) is 10.9. The number of imidazole rings is 1. The van der Waals surface area contributed by atoms with Crippen LogP contribution in [-0.4, -0.2) is 35.8 Å². The predicted molar refractivity (Wildman–Crippen MR) is 114 cm³/mol. The first kappa shape index (κ1) is 20.0. The zero-order chi connectivity index (χ0) is 21.1. The SMILES string of the molecule is Nc1ccc(C(CC(=O)O)c2cn(Cc3nnc(-c4ccc(Cl)cc4)s3)cn2)cn1. The van der Waals surface area contributed by atoms with Crippen LogP contribution in [0.4, 0.5) is 5.82 Å². The third-order valence-electron chi connectivity index (χ3n) is 4.48. The van der Waals surface area contributed by atoms with E-state index in [1.54, 1.807) is 24.7 Å². The van der Waals surface area contributed by atoms with E-state index in [2.05, 4.69) is 20.2 Å². The second kappa shape index (κ2) is 8.60. The Bertz CT molecular complexity index is 1160. The Labute approximate surface area is 181 Å². The van der Waals surface area contributed by atoms with Gasteiger partial charge in [-0.1, -0.05) is 41.1 Å². The van der Waals surface area contributed by atoms with Gasteiger partial charge < -0.3 is 15.4 Å². The maximum Gasteiger partial charge on any atom is 0.304 e. The predicted octanol–water partition coefficient (Wildman–Crippen LogP) is 3.69. The van der Waals surface area contributed by atoms with E-state index in [9.17, 15) is 9.90 Å². The van der Waals surface area contributed by atoms with Crippen LogP contribution >= 0.6 is 22.9 Å².